The Hall–Kier alpha value is -2.19. The molecule has 0 spiro atoms. The first-order valence-electron chi connectivity index (χ1n) is 10.0. The number of nitrogens with zero attached hydrogens (tertiary/aromatic N) is 1. The van der Waals surface area contributed by atoms with Crippen molar-refractivity contribution in [2.45, 2.75) is 50.5 Å². The number of hydrogen-bond donors (Lipinski definition) is 2. The normalized spacial score (nSPS) is 23.5. The maximum atomic E-state index is 14.4. The van der Waals surface area contributed by atoms with E-state index in [0.717, 1.165) is 19.3 Å². The minimum absolute atomic E-state index is 0.0405. The van der Waals surface area contributed by atoms with E-state index in [2.05, 4.69) is 21.2 Å². The van der Waals surface area contributed by atoms with E-state index in [0.29, 0.717) is 22.3 Å². The summed E-state index contributed by atoms with van der Waals surface area (Å²) in [5, 5.41) is 13.0. The molecule has 2 aromatic rings. The first-order chi connectivity index (χ1) is 14.4. The van der Waals surface area contributed by atoms with E-state index < -0.39 is 23.8 Å². The Bertz CT molecular complexity index is 919. The number of benzene rings is 2. The van der Waals surface area contributed by atoms with Crippen LogP contribution < -0.4 is 15.0 Å². The van der Waals surface area contributed by atoms with Crippen LogP contribution in [-0.2, 0) is 11.3 Å². The number of para-hydroxylation sites is 2. The molecular formula is C22H23BrF2N2O3. The van der Waals surface area contributed by atoms with Crippen molar-refractivity contribution in [2.75, 3.05) is 11.4 Å². The SMILES string of the molecule is O=C(NC1CCCCC1O)C1CN(Cc2c(F)cc(Br)cc2F)c2ccccc2O1. The summed E-state index contributed by atoms with van der Waals surface area (Å²) in [6.45, 7) is 0.0990. The molecule has 1 aliphatic carbocycles. The van der Waals surface area contributed by atoms with Crippen LogP contribution in [0.25, 0.3) is 0 Å². The van der Waals surface area contributed by atoms with Crippen LogP contribution in [0.4, 0.5) is 14.5 Å². The first kappa shape index (κ1) is 21.1. The fraction of sp³-hybridized carbons (Fsp3) is 0.409. The molecule has 2 aromatic carbocycles. The highest BCUT2D eigenvalue weighted by Gasteiger charge is 2.34. The van der Waals surface area contributed by atoms with Gasteiger partial charge in [0.05, 0.1) is 24.4 Å². The number of carbonyl (C=O) groups excluding carboxylic acids is 1. The van der Waals surface area contributed by atoms with Gasteiger partial charge in [0, 0.05) is 16.6 Å². The topological polar surface area (TPSA) is 61.8 Å². The van der Waals surface area contributed by atoms with Gasteiger partial charge in [0.15, 0.2) is 6.10 Å². The van der Waals surface area contributed by atoms with E-state index in [4.69, 9.17) is 4.74 Å². The molecule has 1 saturated carbocycles. The van der Waals surface area contributed by atoms with Crippen molar-refractivity contribution in [3.8, 4) is 5.75 Å². The van der Waals surface area contributed by atoms with Crippen molar-refractivity contribution in [2.24, 2.45) is 0 Å². The number of aliphatic hydroxyl groups is 1. The summed E-state index contributed by atoms with van der Waals surface area (Å²) in [5.41, 5.74) is 0.595. The summed E-state index contributed by atoms with van der Waals surface area (Å²) in [7, 11) is 0. The Morgan fingerprint density at radius 3 is 2.63 bits per heavy atom. The van der Waals surface area contributed by atoms with E-state index in [-0.39, 0.29) is 30.6 Å². The molecule has 1 heterocycles. The predicted octanol–water partition coefficient (Wildman–Crippen LogP) is 3.91. The van der Waals surface area contributed by atoms with Gasteiger partial charge in [0.1, 0.15) is 17.4 Å². The summed E-state index contributed by atoms with van der Waals surface area (Å²) < 4.78 is 35.0. The minimum Gasteiger partial charge on any atom is -0.477 e. The van der Waals surface area contributed by atoms with E-state index in [1.807, 2.05) is 6.07 Å². The van der Waals surface area contributed by atoms with Gasteiger partial charge in [-0.15, -0.1) is 0 Å². The summed E-state index contributed by atoms with van der Waals surface area (Å²) in [6.07, 6.45) is 1.85. The molecular weight excluding hydrogens is 458 g/mol. The van der Waals surface area contributed by atoms with Gasteiger partial charge in [-0.05, 0) is 37.1 Å². The molecule has 0 saturated heterocycles. The van der Waals surface area contributed by atoms with Crippen LogP contribution in [0.1, 0.15) is 31.2 Å². The molecule has 0 aromatic heterocycles. The first-order valence-corrected chi connectivity index (χ1v) is 10.8. The predicted molar refractivity (Wildman–Crippen MR) is 112 cm³/mol. The number of rotatable bonds is 4. The number of fused-ring (bicyclic) bond motifs is 1. The highest BCUT2D eigenvalue weighted by atomic mass is 79.9. The largest absolute Gasteiger partial charge is 0.477 e. The zero-order valence-corrected chi connectivity index (χ0v) is 17.9. The summed E-state index contributed by atoms with van der Waals surface area (Å²) in [5.74, 6) is -1.17. The van der Waals surface area contributed by atoms with Crippen molar-refractivity contribution in [1.29, 1.82) is 0 Å². The fourth-order valence-electron chi connectivity index (χ4n) is 4.06. The third-order valence-electron chi connectivity index (χ3n) is 5.67. The molecule has 1 aliphatic heterocycles. The van der Waals surface area contributed by atoms with Crippen LogP contribution in [0.2, 0.25) is 0 Å². The number of hydrogen-bond acceptors (Lipinski definition) is 4. The lowest BCUT2D eigenvalue weighted by Gasteiger charge is -2.37. The van der Waals surface area contributed by atoms with Crippen molar-refractivity contribution >= 4 is 27.5 Å². The molecule has 3 atom stereocenters. The average molecular weight is 481 g/mol. The second-order valence-electron chi connectivity index (χ2n) is 7.77. The lowest BCUT2D eigenvalue weighted by molar-refractivity contribution is -0.129. The number of nitrogens with one attached hydrogen (secondary N) is 1. The Morgan fingerprint density at radius 2 is 1.90 bits per heavy atom. The minimum atomic E-state index is -0.851. The summed E-state index contributed by atoms with van der Waals surface area (Å²) >= 11 is 3.09. The third-order valence-corrected chi connectivity index (χ3v) is 6.12. The highest BCUT2D eigenvalue weighted by Crippen LogP contribution is 2.35. The molecule has 5 nitrogen and oxygen atoms in total. The molecule has 2 N–H and O–H groups in total. The molecule has 160 valence electrons. The van der Waals surface area contributed by atoms with Gasteiger partial charge in [-0.2, -0.15) is 0 Å². The third kappa shape index (κ3) is 4.44. The number of aliphatic hydroxyl groups excluding tert-OH is 1. The zero-order valence-electron chi connectivity index (χ0n) is 16.3. The monoisotopic (exact) mass is 480 g/mol. The van der Waals surface area contributed by atoms with E-state index in [1.165, 1.54) is 12.1 Å². The zero-order chi connectivity index (χ0) is 21.3. The summed E-state index contributed by atoms with van der Waals surface area (Å²) in [4.78, 5) is 14.6. The van der Waals surface area contributed by atoms with E-state index in [1.54, 1.807) is 23.1 Å². The van der Waals surface area contributed by atoms with E-state index in [9.17, 15) is 18.7 Å². The van der Waals surface area contributed by atoms with Crippen molar-refractivity contribution in [3.05, 3.63) is 58.1 Å². The van der Waals surface area contributed by atoms with Crippen LogP contribution >= 0.6 is 15.9 Å². The standard InChI is InChI=1S/C22H23BrF2N2O3/c23-13-9-15(24)14(16(25)10-13)11-27-12-21(30-20-8-4-2-6-18(20)27)22(29)26-17-5-1-3-7-19(17)28/h2,4,6,8-10,17,19,21,28H,1,3,5,7,11-12H2,(H,26,29). The Morgan fingerprint density at radius 1 is 1.20 bits per heavy atom. The van der Waals surface area contributed by atoms with Gasteiger partial charge >= 0.3 is 0 Å². The van der Waals surface area contributed by atoms with Gasteiger partial charge in [-0.25, -0.2) is 8.78 Å². The Balaban J connectivity index is 1.56. The van der Waals surface area contributed by atoms with Gasteiger partial charge in [0.25, 0.3) is 5.91 Å². The lowest BCUT2D eigenvalue weighted by Crippen LogP contribution is -2.54. The lowest BCUT2D eigenvalue weighted by atomic mass is 9.92. The van der Waals surface area contributed by atoms with Crippen LogP contribution in [0, 0.1) is 11.6 Å². The van der Waals surface area contributed by atoms with Crippen LogP contribution in [0.5, 0.6) is 5.75 Å². The number of ether oxygens (including phenoxy) is 1. The van der Waals surface area contributed by atoms with Gasteiger partial charge in [0.2, 0.25) is 0 Å². The number of anilines is 1. The second-order valence-corrected chi connectivity index (χ2v) is 8.69. The molecule has 1 amide bonds. The molecule has 1 fully saturated rings. The van der Waals surface area contributed by atoms with Crippen molar-refractivity contribution in [1.82, 2.24) is 5.32 Å². The van der Waals surface area contributed by atoms with Crippen LogP contribution in [-0.4, -0.2) is 35.8 Å². The maximum Gasteiger partial charge on any atom is 0.263 e. The molecule has 0 bridgehead atoms. The van der Waals surface area contributed by atoms with Crippen LogP contribution in [0.15, 0.2) is 40.9 Å². The molecule has 3 unspecified atom stereocenters. The van der Waals surface area contributed by atoms with Gasteiger partial charge < -0.3 is 20.1 Å². The smallest absolute Gasteiger partial charge is 0.263 e. The quantitative estimate of drug-likeness (QED) is 0.696. The number of carbonyl (C=O) groups is 1. The van der Waals surface area contributed by atoms with Crippen molar-refractivity contribution < 1.29 is 23.4 Å². The molecule has 0 radical (unpaired) electrons. The molecule has 4 rings (SSSR count). The fourth-order valence-corrected chi connectivity index (χ4v) is 4.46. The average Bonchev–Trinajstić information content (AvgIpc) is 2.72. The summed E-state index contributed by atoms with van der Waals surface area (Å²) in [6, 6.07) is 9.25. The van der Waals surface area contributed by atoms with Gasteiger partial charge in [-0.3, -0.25) is 4.79 Å². The number of amides is 1. The maximum absolute atomic E-state index is 14.4. The number of halogens is 3. The van der Waals surface area contributed by atoms with Gasteiger partial charge in [-0.1, -0.05) is 40.9 Å². The van der Waals surface area contributed by atoms with Crippen molar-refractivity contribution in [3.63, 3.8) is 0 Å². The highest BCUT2D eigenvalue weighted by molar-refractivity contribution is 9.10. The Kier molecular flexibility index (Phi) is 6.24. The molecule has 30 heavy (non-hydrogen) atoms. The molecule has 2 aliphatic rings. The Labute approximate surface area is 182 Å². The molecule has 8 heteroatoms. The van der Waals surface area contributed by atoms with Crippen LogP contribution in [0.3, 0.4) is 0 Å². The van der Waals surface area contributed by atoms with E-state index >= 15 is 0 Å². The second kappa shape index (κ2) is 8.89.